The number of allylic oxidation sites excluding steroid dienone is 14. The monoisotopic (exact) mass is 933 g/mol. The Kier molecular flexibility index (Phi) is 52.4. The number of rotatable bonds is 50. The molecule has 0 aliphatic rings. The number of esters is 3. The Balaban J connectivity index is 4.44. The molecule has 0 aromatic rings. The van der Waals surface area contributed by atoms with E-state index >= 15 is 0 Å². The van der Waals surface area contributed by atoms with Gasteiger partial charge in [0.15, 0.2) is 6.10 Å². The summed E-state index contributed by atoms with van der Waals surface area (Å²) >= 11 is 0. The predicted molar refractivity (Wildman–Crippen MR) is 288 cm³/mol. The maximum Gasteiger partial charge on any atom is 0.306 e. The van der Waals surface area contributed by atoms with Gasteiger partial charge in [-0.1, -0.05) is 241 Å². The van der Waals surface area contributed by atoms with Crippen molar-refractivity contribution in [2.24, 2.45) is 0 Å². The van der Waals surface area contributed by atoms with Crippen LogP contribution in [0.3, 0.4) is 0 Å². The van der Waals surface area contributed by atoms with Gasteiger partial charge in [-0.05, 0) is 89.9 Å². The average Bonchev–Trinajstić information content (AvgIpc) is 3.33. The maximum atomic E-state index is 12.9. The highest BCUT2D eigenvalue weighted by Crippen LogP contribution is 2.16. The second-order valence-electron chi connectivity index (χ2n) is 18.4. The van der Waals surface area contributed by atoms with Gasteiger partial charge in [-0.25, -0.2) is 0 Å². The normalized spacial score (nSPS) is 12.7. The highest BCUT2D eigenvalue weighted by molar-refractivity contribution is 5.71. The van der Waals surface area contributed by atoms with Gasteiger partial charge < -0.3 is 14.2 Å². The number of hydrogen-bond acceptors (Lipinski definition) is 6. The second-order valence-corrected chi connectivity index (χ2v) is 18.4. The molecule has 384 valence electrons. The molecule has 0 heterocycles. The molecule has 6 heteroatoms. The van der Waals surface area contributed by atoms with E-state index in [0.29, 0.717) is 19.3 Å². The van der Waals surface area contributed by atoms with E-state index in [0.717, 1.165) is 135 Å². The lowest BCUT2D eigenvalue weighted by atomic mass is 10.0. The first-order chi connectivity index (χ1) is 33.0. The van der Waals surface area contributed by atoms with Crippen molar-refractivity contribution in [3.05, 3.63) is 85.1 Å². The van der Waals surface area contributed by atoms with Gasteiger partial charge in [-0.2, -0.15) is 0 Å². The average molecular weight is 933 g/mol. The van der Waals surface area contributed by atoms with Crippen molar-refractivity contribution < 1.29 is 28.6 Å². The summed E-state index contributed by atoms with van der Waals surface area (Å²) in [5.41, 5.74) is 0. The molecule has 0 aliphatic carbocycles. The lowest BCUT2D eigenvalue weighted by molar-refractivity contribution is -0.167. The molecule has 0 aliphatic heterocycles. The van der Waals surface area contributed by atoms with Gasteiger partial charge in [0.1, 0.15) is 13.2 Å². The molecule has 0 aromatic heterocycles. The van der Waals surface area contributed by atoms with E-state index < -0.39 is 6.10 Å². The van der Waals surface area contributed by atoms with Crippen molar-refractivity contribution in [3.8, 4) is 0 Å². The summed E-state index contributed by atoms with van der Waals surface area (Å²) in [6.07, 6.45) is 71.4. The standard InChI is InChI=1S/C61H104O6/c1-4-7-10-13-16-19-22-25-28-30-33-36-39-42-45-48-51-54-60(63)66-57-58(56-65-59(62)53-50-47-44-41-38-35-32-27-24-21-18-15-12-9-6-3)67-61(64)55-52-49-46-43-40-37-34-31-29-26-23-20-17-14-11-8-5-2/h7,9-10,12,16,18-19,21,25,27-28,32-33,36,58H,4-6,8,11,13-15,17,20,22-24,26,29-31,34-35,37-57H2,1-3H3/b10-7-,12-9-,19-16-,21-18-,28-25-,32-27-,36-33-. The Morgan fingerprint density at radius 3 is 0.910 bits per heavy atom. The highest BCUT2D eigenvalue weighted by atomic mass is 16.6. The van der Waals surface area contributed by atoms with Crippen LogP contribution < -0.4 is 0 Å². The van der Waals surface area contributed by atoms with Crippen LogP contribution in [0.5, 0.6) is 0 Å². The first kappa shape index (κ1) is 63.6. The van der Waals surface area contributed by atoms with Gasteiger partial charge >= 0.3 is 17.9 Å². The summed E-state index contributed by atoms with van der Waals surface area (Å²) in [5.74, 6) is -0.924. The van der Waals surface area contributed by atoms with Crippen LogP contribution >= 0.6 is 0 Å². The van der Waals surface area contributed by atoms with E-state index in [2.05, 4.69) is 106 Å². The largest absolute Gasteiger partial charge is 0.462 e. The van der Waals surface area contributed by atoms with Crippen molar-refractivity contribution in [1.29, 1.82) is 0 Å². The Bertz CT molecular complexity index is 1300. The molecule has 0 fully saturated rings. The molecule has 0 spiro atoms. The van der Waals surface area contributed by atoms with Gasteiger partial charge in [0.2, 0.25) is 0 Å². The molecule has 0 saturated heterocycles. The third-order valence-corrected chi connectivity index (χ3v) is 11.9. The SMILES string of the molecule is CC/C=C\C/C=C\C/C=C\C/C=C\CCCCCCC(=O)OCC(COC(=O)CCCCCCC/C=C\C/C=C\C/C=C\CC)OC(=O)CCCCCCCCCCCCCCCCCCC. The molecule has 0 bridgehead atoms. The molecule has 0 rings (SSSR count). The molecule has 0 aromatic carbocycles. The topological polar surface area (TPSA) is 78.9 Å². The fourth-order valence-electron chi connectivity index (χ4n) is 7.74. The lowest BCUT2D eigenvalue weighted by Crippen LogP contribution is -2.30. The van der Waals surface area contributed by atoms with Gasteiger partial charge in [-0.3, -0.25) is 14.4 Å². The van der Waals surface area contributed by atoms with Crippen LogP contribution in [0.1, 0.15) is 265 Å². The van der Waals surface area contributed by atoms with Crippen LogP contribution in [0.2, 0.25) is 0 Å². The fraction of sp³-hybridized carbons (Fsp3) is 0.721. The van der Waals surface area contributed by atoms with Crippen LogP contribution in [0, 0.1) is 0 Å². The molecule has 67 heavy (non-hydrogen) atoms. The van der Waals surface area contributed by atoms with Gasteiger partial charge in [0.25, 0.3) is 0 Å². The Hall–Kier alpha value is -3.41. The summed E-state index contributed by atoms with van der Waals surface area (Å²) in [7, 11) is 0. The van der Waals surface area contributed by atoms with Crippen LogP contribution in [0.15, 0.2) is 85.1 Å². The molecular weight excluding hydrogens is 829 g/mol. The van der Waals surface area contributed by atoms with Gasteiger partial charge in [-0.15, -0.1) is 0 Å². The van der Waals surface area contributed by atoms with E-state index in [9.17, 15) is 14.4 Å². The molecule has 1 atom stereocenters. The van der Waals surface area contributed by atoms with Gasteiger partial charge in [0, 0.05) is 19.3 Å². The third-order valence-electron chi connectivity index (χ3n) is 11.9. The highest BCUT2D eigenvalue weighted by Gasteiger charge is 2.19. The van der Waals surface area contributed by atoms with E-state index in [4.69, 9.17) is 14.2 Å². The molecule has 0 radical (unpaired) electrons. The summed E-state index contributed by atoms with van der Waals surface area (Å²) in [5, 5.41) is 0. The fourth-order valence-corrected chi connectivity index (χ4v) is 7.74. The zero-order valence-corrected chi connectivity index (χ0v) is 43.9. The van der Waals surface area contributed by atoms with Gasteiger partial charge in [0.05, 0.1) is 0 Å². The van der Waals surface area contributed by atoms with Crippen LogP contribution in [-0.4, -0.2) is 37.2 Å². The summed E-state index contributed by atoms with van der Waals surface area (Å²) in [6.45, 7) is 6.40. The smallest absolute Gasteiger partial charge is 0.306 e. The van der Waals surface area contributed by atoms with Crippen molar-refractivity contribution >= 4 is 17.9 Å². The van der Waals surface area contributed by atoms with Crippen LogP contribution in [-0.2, 0) is 28.6 Å². The Morgan fingerprint density at radius 2 is 0.582 bits per heavy atom. The van der Waals surface area contributed by atoms with Crippen LogP contribution in [0.25, 0.3) is 0 Å². The minimum absolute atomic E-state index is 0.0921. The minimum atomic E-state index is -0.793. The Labute approximate surface area is 414 Å². The first-order valence-electron chi connectivity index (χ1n) is 28.1. The lowest BCUT2D eigenvalue weighted by Gasteiger charge is -2.18. The van der Waals surface area contributed by atoms with E-state index in [-0.39, 0.29) is 31.1 Å². The summed E-state index contributed by atoms with van der Waals surface area (Å²) in [6, 6.07) is 0. The van der Waals surface area contributed by atoms with E-state index in [1.807, 2.05) is 0 Å². The molecule has 6 nitrogen and oxygen atoms in total. The van der Waals surface area contributed by atoms with Crippen molar-refractivity contribution in [2.75, 3.05) is 13.2 Å². The zero-order valence-electron chi connectivity index (χ0n) is 43.9. The Morgan fingerprint density at radius 1 is 0.313 bits per heavy atom. The molecule has 0 amide bonds. The van der Waals surface area contributed by atoms with Crippen molar-refractivity contribution in [2.45, 2.75) is 271 Å². The quantitative estimate of drug-likeness (QED) is 0.0262. The maximum absolute atomic E-state index is 12.9. The summed E-state index contributed by atoms with van der Waals surface area (Å²) < 4.78 is 16.8. The van der Waals surface area contributed by atoms with Crippen LogP contribution in [0.4, 0.5) is 0 Å². The third kappa shape index (κ3) is 53.4. The number of unbranched alkanes of at least 4 members (excludes halogenated alkanes) is 25. The zero-order chi connectivity index (χ0) is 48.6. The first-order valence-corrected chi connectivity index (χ1v) is 28.1. The number of carbonyl (C=O) groups excluding carboxylic acids is 3. The number of hydrogen-bond donors (Lipinski definition) is 0. The minimum Gasteiger partial charge on any atom is -0.462 e. The summed E-state index contributed by atoms with van der Waals surface area (Å²) in [4.78, 5) is 38.1. The molecular formula is C61H104O6. The number of carbonyl (C=O) groups is 3. The second kappa shape index (κ2) is 55.2. The van der Waals surface area contributed by atoms with E-state index in [1.54, 1.807) is 0 Å². The molecule has 0 N–H and O–H groups in total. The molecule has 1 unspecified atom stereocenters. The number of ether oxygens (including phenoxy) is 3. The van der Waals surface area contributed by atoms with E-state index in [1.165, 1.54) is 89.9 Å². The van der Waals surface area contributed by atoms with Crippen molar-refractivity contribution in [1.82, 2.24) is 0 Å². The van der Waals surface area contributed by atoms with Crippen molar-refractivity contribution in [3.63, 3.8) is 0 Å². The molecule has 0 saturated carbocycles. The predicted octanol–water partition coefficient (Wildman–Crippen LogP) is 18.8.